The van der Waals surface area contributed by atoms with Crippen LogP contribution < -0.4 is 5.32 Å². The second-order valence-electron chi connectivity index (χ2n) is 5.34. The number of nitrogens with zero attached hydrogens (tertiary/aromatic N) is 1. The van der Waals surface area contributed by atoms with Crippen LogP contribution >= 0.6 is 0 Å². The van der Waals surface area contributed by atoms with Gasteiger partial charge in [0.15, 0.2) is 0 Å². The summed E-state index contributed by atoms with van der Waals surface area (Å²) in [6.07, 6.45) is 2.80. The van der Waals surface area contributed by atoms with Gasteiger partial charge in [0.05, 0.1) is 0 Å². The Bertz CT molecular complexity index is 160. The highest BCUT2D eigenvalue weighted by molar-refractivity contribution is 4.76. The van der Waals surface area contributed by atoms with Gasteiger partial charge in [0.25, 0.3) is 0 Å². The van der Waals surface area contributed by atoms with E-state index in [1.54, 1.807) is 0 Å². The van der Waals surface area contributed by atoms with E-state index in [4.69, 9.17) is 0 Å². The molecular weight excluding hydrogens is 184 g/mol. The fourth-order valence-electron chi connectivity index (χ4n) is 2.60. The smallest absolute Gasteiger partial charge is 0.0166 e. The molecule has 1 fully saturated rings. The topological polar surface area (TPSA) is 15.3 Å². The lowest BCUT2D eigenvalue weighted by molar-refractivity contribution is 0.148. The largest absolute Gasteiger partial charge is 0.313 e. The van der Waals surface area contributed by atoms with E-state index in [0.29, 0.717) is 6.04 Å². The van der Waals surface area contributed by atoms with Gasteiger partial charge in [-0.1, -0.05) is 20.8 Å². The standard InChI is InChI=1S/C13H28N2/c1-5-14-12(4)10-15-8-6-13(7-9-15)11(2)3/h11-14H,5-10H2,1-4H3. The highest BCUT2D eigenvalue weighted by Gasteiger charge is 2.21. The van der Waals surface area contributed by atoms with Crippen LogP contribution in [0.4, 0.5) is 0 Å². The zero-order valence-corrected chi connectivity index (χ0v) is 10.9. The summed E-state index contributed by atoms with van der Waals surface area (Å²) in [4.78, 5) is 2.62. The van der Waals surface area contributed by atoms with Gasteiger partial charge in [-0.3, -0.25) is 0 Å². The van der Waals surface area contributed by atoms with E-state index in [-0.39, 0.29) is 0 Å². The average Bonchev–Trinajstić information content (AvgIpc) is 2.18. The summed E-state index contributed by atoms with van der Waals surface area (Å²) in [5, 5.41) is 3.49. The van der Waals surface area contributed by atoms with Crippen LogP contribution in [-0.2, 0) is 0 Å². The summed E-state index contributed by atoms with van der Waals surface area (Å²) in [6, 6.07) is 0.644. The van der Waals surface area contributed by atoms with Gasteiger partial charge in [-0.25, -0.2) is 0 Å². The third-order valence-corrected chi connectivity index (χ3v) is 3.66. The summed E-state index contributed by atoms with van der Waals surface area (Å²) < 4.78 is 0. The van der Waals surface area contributed by atoms with Gasteiger partial charge in [-0.15, -0.1) is 0 Å². The first kappa shape index (κ1) is 13.0. The summed E-state index contributed by atoms with van der Waals surface area (Å²) >= 11 is 0. The van der Waals surface area contributed by atoms with Crippen LogP contribution in [0, 0.1) is 11.8 Å². The van der Waals surface area contributed by atoms with Crippen LogP contribution in [0.5, 0.6) is 0 Å². The number of rotatable bonds is 5. The van der Waals surface area contributed by atoms with Crippen molar-refractivity contribution in [2.24, 2.45) is 11.8 Å². The minimum absolute atomic E-state index is 0.644. The Labute approximate surface area is 95.4 Å². The zero-order valence-electron chi connectivity index (χ0n) is 10.9. The molecule has 1 heterocycles. The van der Waals surface area contributed by atoms with Gasteiger partial charge in [0.2, 0.25) is 0 Å². The van der Waals surface area contributed by atoms with Gasteiger partial charge in [-0.05, 0) is 51.2 Å². The maximum Gasteiger partial charge on any atom is 0.0166 e. The van der Waals surface area contributed by atoms with Crippen molar-refractivity contribution in [1.82, 2.24) is 10.2 Å². The monoisotopic (exact) mass is 212 g/mol. The van der Waals surface area contributed by atoms with Crippen LogP contribution in [0.25, 0.3) is 0 Å². The normalized spacial score (nSPS) is 22.2. The second-order valence-corrected chi connectivity index (χ2v) is 5.34. The summed E-state index contributed by atoms with van der Waals surface area (Å²) in [6.45, 7) is 14.1. The molecule has 0 aromatic carbocycles. The Morgan fingerprint density at radius 3 is 2.27 bits per heavy atom. The molecular formula is C13H28N2. The van der Waals surface area contributed by atoms with E-state index in [0.717, 1.165) is 18.4 Å². The van der Waals surface area contributed by atoms with E-state index in [2.05, 4.69) is 37.9 Å². The molecule has 2 nitrogen and oxygen atoms in total. The average molecular weight is 212 g/mol. The first-order valence-electron chi connectivity index (χ1n) is 6.59. The van der Waals surface area contributed by atoms with Crippen LogP contribution in [0.2, 0.25) is 0 Å². The van der Waals surface area contributed by atoms with Crippen molar-refractivity contribution < 1.29 is 0 Å². The Morgan fingerprint density at radius 1 is 1.20 bits per heavy atom. The van der Waals surface area contributed by atoms with E-state index in [1.165, 1.54) is 32.5 Å². The molecule has 0 bridgehead atoms. The Hall–Kier alpha value is -0.0800. The van der Waals surface area contributed by atoms with Crippen molar-refractivity contribution in [1.29, 1.82) is 0 Å². The second kappa shape index (κ2) is 6.49. The quantitative estimate of drug-likeness (QED) is 0.752. The molecule has 0 aromatic heterocycles. The van der Waals surface area contributed by atoms with Gasteiger partial charge >= 0.3 is 0 Å². The molecule has 1 saturated heterocycles. The van der Waals surface area contributed by atoms with E-state index < -0.39 is 0 Å². The summed E-state index contributed by atoms with van der Waals surface area (Å²) in [5.74, 6) is 1.84. The lowest BCUT2D eigenvalue weighted by Gasteiger charge is -2.35. The number of nitrogens with one attached hydrogen (secondary N) is 1. The van der Waals surface area contributed by atoms with Gasteiger partial charge in [0, 0.05) is 12.6 Å². The van der Waals surface area contributed by atoms with Crippen molar-refractivity contribution in [3.8, 4) is 0 Å². The lowest BCUT2D eigenvalue weighted by atomic mass is 9.86. The highest BCUT2D eigenvalue weighted by Crippen LogP contribution is 2.24. The van der Waals surface area contributed by atoms with E-state index in [1.807, 2.05) is 0 Å². The number of piperidine rings is 1. The fourth-order valence-corrected chi connectivity index (χ4v) is 2.60. The van der Waals surface area contributed by atoms with Gasteiger partial charge in [-0.2, -0.15) is 0 Å². The first-order valence-corrected chi connectivity index (χ1v) is 6.59. The lowest BCUT2D eigenvalue weighted by Crippen LogP contribution is -2.43. The molecule has 1 unspecified atom stereocenters. The van der Waals surface area contributed by atoms with Crippen LogP contribution in [0.15, 0.2) is 0 Å². The van der Waals surface area contributed by atoms with Crippen LogP contribution in [0.1, 0.15) is 40.5 Å². The molecule has 1 atom stereocenters. The SMILES string of the molecule is CCNC(C)CN1CCC(C(C)C)CC1. The fraction of sp³-hybridized carbons (Fsp3) is 1.00. The van der Waals surface area contributed by atoms with E-state index >= 15 is 0 Å². The number of likely N-dealkylation sites (N-methyl/N-ethyl adjacent to an activating group) is 1. The molecule has 0 aliphatic carbocycles. The van der Waals surface area contributed by atoms with Crippen molar-refractivity contribution >= 4 is 0 Å². The molecule has 0 spiro atoms. The predicted molar refractivity (Wildman–Crippen MR) is 67.1 cm³/mol. The molecule has 15 heavy (non-hydrogen) atoms. The minimum atomic E-state index is 0.644. The maximum atomic E-state index is 3.49. The first-order chi connectivity index (χ1) is 7.13. The Kier molecular flexibility index (Phi) is 5.62. The molecule has 1 aliphatic heterocycles. The number of likely N-dealkylation sites (tertiary alicyclic amines) is 1. The molecule has 0 radical (unpaired) electrons. The van der Waals surface area contributed by atoms with Gasteiger partial charge in [0.1, 0.15) is 0 Å². The molecule has 0 saturated carbocycles. The Balaban J connectivity index is 2.19. The molecule has 2 heteroatoms. The molecule has 1 aliphatic rings. The highest BCUT2D eigenvalue weighted by atomic mass is 15.1. The third-order valence-electron chi connectivity index (χ3n) is 3.66. The number of hydrogen-bond donors (Lipinski definition) is 1. The molecule has 0 amide bonds. The van der Waals surface area contributed by atoms with Crippen LogP contribution in [-0.4, -0.2) is 37.1 Å². The molecule has 1 rings (SSSR count). The minimum Gasteiger partial charge on any atom is -0.313 e. The van der Waals surface area contributed by atoms with Crippen molar-refractivity contribution in [3.05, 3.63) is 0 Å². The van der Waals surface area contributed by atoms with Crippen molar-refractivity contribution in [3.63, 3.8) is 0 Å². The maximum absolute atomic E-state index is 3.49. The predicted octanol–water partition coefficient (Wildman–Crippen LogP) is 2.35. The number of hydrogen-bond acceptors (Lipinski definition) is 2. The Morgan fingerprint density at radius 2 is 1.80 bits per heavy atom. The summed E-state index contributed by atoms with van der Waals surface area (Å²) in [7, 11) is 0. The zero-order chi connectivity index (χ0) is 11.3. The molecule has 90 valence electrons. The molecule has 0 aromatic rings. The van der Waals surface area contributed by atoms with Crippen molar-refractivity contribution in [2.45, 2.75) is 46.6 Å². The van der Waals surface area contributed by atoms with Crippen molar-refractivity contribution in [2.75, 3.05) is 26.2 Å². The van der Waals surface area contributed by atoms with Gasteiger partial charge < -0.3 is 10.2 Å². The van der Waals surface area contributed by atoms with E-state index in [9.17, 15) is 0 Å². The molecule has 1 N–H and O–H groups in total. The summed E-state index contributed by atoms with van der Waals surface area (Å²) in [5.41, 5.74) is 0. The third kappa shape index (κ3) is 4.52. The van der Waals surface area contributed by atoms with Crippen LogP contribution in [0.3, 0.4) is 0 Å².